The molecule has 5 heteroatoms. The number of aromatic nitrogens is 2. The van der Waals surface area contributed by atoms with Gasteiger partial charge in [-0.15, -0.1) is 0 Å². The van der Waals surface area contributed by atoms with Crippen LogP contribution in [0.25, 0.3) is 0 Å². The van der Waals surface area contributed by atoms with Gasteiger partial charge in [-0.25, -0.2) is 9.97 Å². The molecule has 3 aromatic rings. The average molecular weight is 360 g/mol. The number of carbonyl (C=O) groups excluding carboxylic acids is 1. The van der Waals surface area contributed by atoms with Gasteiger partial charge in [0.1, 0.15) is 17.3 Å². The Balaban J connectivity index is 1.86. The van der Waals surface area contributed by atoms with Crippen molar-refractivity contribution in [1.29, 1.82) is 0 Å². The van der Waals surface area contributed by atoms with Crippen LogP contribution in [0.5, 0.6) is 0 Å². The Kier molecular flexibility index (Phi) is 5.21. The molecule has 1 aromatic heterocycles. The predicted octanol–water partition coefficient (Wildman–Crippen LogP) is 5.08. The molecular weight excluding hydrogens is 336 g/mol. The minimum Gasteiger partial charge on any atom is -0.340 e. The lowest BCUT2D eigenvalue weighted by Crippen LogP contribution is -2.20. The second kappa shape index (κ2) is 7.58. The Hall–Kier alpha value is -3.21. The Bertz CT molecular complexity index is 946. The maximum atomic E-state index is 12.8. The molecule has 0 aliphatic carbocycles. The van der Waals surface area contributed by atoms with Gasteiger partial charge in [-0.2, -0.15) is 0 Å². The average Bonchev–Trinajstić information content (AvgIpc) is 2.61. The minimum atomic E-state index is -0.256. The highest BCUT2D eigenvalue weighted by Crippen LogP contribution is 2.29. The zero-order chi connectivity index (χ0) is 19.4. The molecular formula is C22H24N4O. The van der Waals surface area contributed by atoms with Crippen LogP contribution >= 0.6 is 0 Å². The van der Waals surface area contributed by atoms with Crippen molar-refractivity contribution in [2.45, 2.75) is 33.1 Å². The molecule has 2 aromatic carbocycles. The quantitative estimate of drug-likeness (QED) is 0.681. The summed E-state index contributed by atoms with van der Waals surface area (Å²) in [5, 5.41) is 6.20. The summed E-state index contributed by atoms with van der Waals surface area (Å²) in [4.78, 5) is 21.5. The number of aryl methyl sites for hydroxylation is 1. The van der Waals surface area contributed by atoms with Gasteiger partial charge in [0, 0.05) is 17.4 Å². The van der Waals surface area contributed by atoms with Gasteiger partial charge in [0.05, 0.1) is 0 Å². The third-order valence-electron chi connectivity index (χ3n) is 4.10. The van der Waals surface area contributed by atoms with Crippen LogP contribution in [0.1, 0.15) is 42.6 Å². The van der Waals surface area contributed by atoms with Gasteiger partial charge in [0.2, 0.25) is 0 Å². The van der Waals surface area contributed by atoms with Crippen molar-refractivity contribution >= 4 is 23.1 Å². The molecule has 0 aliphatic heterocycles. The van der Waals surface area contributed by atoms with Crippen LogP contribution in [0.4, 0.5) is 17.2 Å². The first-order valence-corrected chi connectivity index (χ1v) is 8.91. The number of para-hydroxylation sites is 2. The lowest BCUT2D eigenvalue weighted by Gasteiger charge is -2.23. The minimum absolute atomic E-state index is 0.0779. The van der Waals surface area contributed by atoms with Crippen molar-refractivity contribution in [3.8, 4) is 0 Å². The molecule has 0 atom stereocenters. The number of benzene rings is 2. The van der Waals surface area contributed by atoms with Gasteiger partial charge in [-0.05, 0) is 36.1 Å². The molecule has 0 unspecified atom stereocenters. The number of nitrogens with zero attached hydrogens (tertiary/aromatic N) is 2. The summed E-state index contributed by atoms with van der Waals surface area (Å²) in [6, 6.07) is 19.2. The third-order valence-corrected chi connectivity index (χ3v) is 4.10. The summed E-state index contributed by atoms with van der Waals surface area (Å²) in [7, 11) is 0. The standard InChI is InChI=1S/C22H24N4O/c1-15-23-19(14-20(24-15)25-16-10-6-5-7-11-16)21(27)26-18-13-9-8-12-17(18)22(2,3)4/h5-14H,1-4H3,(H,26,27)(H,23,24,25). The Morgan fingerprint density at radius 2 is 1.59 bits per heavy atom. The topological polar surface area (TPSA) is 66.9 Å². The highest BCUT2D eigenvalue weighted by Gasteiger charge is 2.19. The van der Waals surface area contributed by atoms with Gasteiger partial charge in [-0.3, -0.25) is 4.79 Å². The molecule has 0 saturated carbocycles. The molecule has 27 heavy (non-hydrogen) atoms. The van der Waals surface area contributed by atoms with Crippen LogP contribution in [0.2, 0.25) is 0 Å². The van der Waals surface area contributed by atoms with Crippen LogP contribution in [0.15, 0.2) is 60.7 Å². The van der Waals surface area contributed by atoms with Gasteiger partial charge >= 0.3 is 0 Å². The van der Waals surface area contributed by atoms with Gasteiger partial charge in [0.15, 0.2) is 0 Å². The van der Waals surface area contributed by atoms with Crippen molar-refractivity contribution in [1.82, 2.24) is 9.97 Å². The van der Waals surface area contributed by atoms with Crippen molar-refractivity contribution in [3.05, 3.63) is 77.7 Å². The molecule has 0 fully saturated rings. The smallest absolute Gasteiger partial charge is 0.274 e. The number of anilines is 3. The van der Waals surface area contributed by atoms with Crippen molar-refractivity contribution in [2.24, 2.45) is 0 Å². The second-order valence-corrected chi connectivity index (χ2v) is 7.43. The van der Waals surface area contributed by atoms with E-state index in [4.69, 9.17) is 0 Å². The summed E-state index contributed by atoms with van der Waals surface area (Å²) < 4.78 is 0. The molecule has 1 heterocycles. The SMILES string of the molecule is Cc1nc(Nc2ccccc2)cc(C(=O)Nc2ccccc2C(C)(C)C)n1. The lowest BCUT2D eigenvalue weighted by molar-refractivity contribution is 0.102. The van der Waals surface area contributed by atoms with Gasteiger partial charge < -0.3 is 10.6 Å². The zero-order valence-electron chi connectivity index (χ0n) is 16.1. The van der Waals surface area contributed by atoms with Crippen LogP contribution < -0.4 is 10.6 Å². The summed E-state index contributed by atoms with van der Waals surface area (Å²) in [5.74, 6) is 0.862. The summed E-state index contributed by atoms with van der Waals surface area (Å²) in [6.07, 6.45) is 0. The number of carbonyl (C=O) groups is 1. The van der Waals surface area contributed by atoms with Crippen LogP contribution in [-0.4, -0.2) is 15.9 Å². The van der Waals surface area contributed by atoms with E-state index < -0.39 is 0 Å². The first kappa shape index (κ1) is 18.6. The number of rotatable bonds is 4. The number of hydrogen-bond donors (Lipinski definition) is 2. The van der Waals surface area contributed by atoms with E-state index in [2.05, 4.69) is 41.4 Å². The molecule has 0 bridgehead atoms. The molecule has 0 spiro atoms. The van der Waals surface area contributed by atoms with E-state index in [1.165, 1.54) is 0 Å². The fraction of sp³-hybridized carbons (Fsp3) is 0.227. The molecule has 0 saturated heterocycles. The number of hydrogen-bond acceptors (Lipinski definition) is 4. The van der Waals surface area contributed by atoms with E-state index in [-0.39, 0.29) is 11.3 Å². The highest BCUT2D eigenvalue weighted by atomic mass is 16.1. The molecule has 0 aliphatic rings. The monoisotopic (exact) mass is 360 g/mol. The lowest BCUT2D eigenvalue weighted by atomic mass is 9.86. The molecule has 0 radical (unpaired) electrons. The maximum absolute atomic E-state index is 12.8. The van der Waals surface area contributed by atoms with Crippen LogP contribution in [0.3, 0.4) is 0 Å². The van der Waals surface area contributed by atoms with E-state index >= 15 is 0 Å². The Morgan fingerprint density at radius 3 is 2.30 bits per heavy atom. The molecule has 138 valence electrons. The van der Waals surface area contributed by atoms with Crippen molar-refractivity contribution < 1.29 is 4.79 Å². The van der Waals surface area contributed by atoms with E-state index in [1.54, 1.807) is 13.0 Å². The summed E-state index contributed by atoms with van der Waals surface area (Å²) >= 11 is 0. The predicted molar refractivity (Wildman–Crippen MR) is 110 cm³/mol. The first-order valence-electron chi connectivity index (χ1n) is 8.91. The Morgan fingerprint density at radius 1 is 0.926 bits per heavy atom. The Labute approximate surface area is 159 Å². The molecule has 1 amide bonds. The first-order chi connectivity index (χ1) is 12.8. The van der Waals surface area contributed by atoms with Crippen molar-refractivity contribution in [3.63, 3.8) is 0 Å². The fourth-order valence-electron chi connectivity index (χ4n) is 2.85. The van der Waals surface area contributed by atoms with Gasteiger partial charge in [0.25, 0.3) is 5.91 Å². The number of amides is 1. The van der Waals surface area contributed by atoms with E-state index in [9.17, 15) is 4.79 Å². The second-order valence-electron chi connectivity index (χ2n) is 7.43. The maximum Gasteiger partial charge on any atom is 0.274 e. The summed E-state index contributed by atoms with van der Waals surface area (Å²) in [6.45, 7) is 8.13. The van der Waals surface area contributed by atoms with Crippen LogP contribution in [0, 0.1) is 6.92 Å². The van der Waals surface area contributed by atoms with Gasteiger partial charge in [-0.1, -0.05) is 57.2 Å². The van der Waals surface area contributed by atoms with E-state index in [1.807, 2.05) is 54.6 Å². The number of nitrogens with one attached hydrogen (secondary N) is 2. The largest absolute Gasteiger partial charge is 0.340 e. The van der Waals surface area contributed by atoms with Crippen LogP contribution in [-0.2, 0) is 5.41 Å². The van der Waals surface area contributed by atoms with E-state index in [0.717, 1.165) is 16.9 Å². The molecule has 3 rings (SSSR count). The van der Waals surface area contributed by atoms with Crippen molar-refractivity contribution in [2.75, 3.05) is 10.6 Å². The summed E-state index contributed by atoms with van der Waals surface area (Å²) in [5.41, 5.74) is 3.02. The highest BCUT2D eigenvalue weighted by molar-refractivity contribution is 6.03. The normalized spacial score (nSPS) is 11.1. The molecule has 5 nitrogen and oxygen atoms in total. The fourth-order valence-corrected chi connectivity index (χ4v) is 2.85. The molecule has 2 N–H and O–H groups in total. The zero-order valence-corrected chi connectivity index (χ0v) is 16.1. The third kappa shape index (κ3) is 4.70. The van der Waals surface area contributed by atoms with E-state index in [0.29, 0.717) is 17.3 Å².